The van der Waals surface area contributed by atoms with Gasteiger partial charge in [-0.15, -0.1) is 12.4 Å². The Bertz CT molecular complexity index is 600. The summed E-state index contributed by atoms with van der Waals surface area (Å²) < 4.78 is 20.5. The molecule has 0 radical (unpaired) electrons. The number of aromatic nitrogens is 1. The summed E-state index contributed by atoms with van der Waals surface area (Å²) in [4.78, 5) is 11.4. The molecule has 0 aliphatic heterocycles. The lowest BCUT2D eigenvalue weighted by Gasteiger charge is -2.14. The maximum Gasteiger partial charge on any atom is 0.342 e. The number of fused-ring (bicyclic) bond motifs is 1. The number of carbonyl (C=O) groups is 1. The van der Waals surface area contributed by atoms with Crippen LogP contribution in [0.5, 0.6) is 0 Å². The number of para-hydroxylation sites is 1. The van der Waals surface area contributed by atoms with Gasteiger partial charge in [-0.3, -0.25) is 0 Å². The Morgan fingerprint density at radius 1 is 1.45 bits per heavy atom. The second kappa shape index (κ2) is 6.72. The fourth-order valence-electron chi connectivity index (χ4n) is 2.16. The summed E-state index contributed by atoms with van der Waals surface area (Å²) in [6.45, 7) is 1.77. The molecule has 1 heterocycles. The molecule has 1 aromatic carbocycles. The highest BCUT2D eigenvalue weighted by Crippen LogP contribution is 2.27. The van der Waals surface area contributed by atoms with E-state index in [0.717, 1.165) is 10.9 Å². The van der Waals surface area contributed by atoms with Crippen LogP contribution in [-0.2, 0) is 16.6 Å². The lowest BCUT2D eigenvalue weighted by Crippen LogP contribution is -2.31. The predicted octanol–water partition coefficient (Wildman–Crippen LogP) is 2.50. The van der Waals surface area contributed by atoms with E-state index in [4.69, 9.17) is 5.73 Å². The van der Waals surface area contributed by atoms with Crippen molar-refractivity contribution >= 4 is 29.3 Å². The zero-order valence-electron chi connectivity index (χ0n) is 11.4. The number of alkyl halides is 1. The second-order valence-electron chi connectivity index (χ2n) is 4.39. The molecule has 0 spiro atoms. The number of nitrogens with zero attached hydrogens (tertiary/aromatic N) is 1. The monoisotopic (exact) mass is 300 g/mol. The molecule has 0 saturated heterocycles. The van der Waals surface area contributed by atoms with Crippen LogP contribution in [0, 0.1) is 0 Å². The SMILES string of the molecule is CCOC(=O)C(F)[C@H](N)c1cn(C)c2ccccc12.Cl. The van der Waals surface area contributed by atoms with E-state index in [9.17, 15) is 9.18 Å². The van der Waals surface area contributed by atoms with Gasteiger partial charge in [0, 0.05) is 24.1 Å². The van der Waals surface area contributed by atoms with E-state index in [1.54, 1.807) is 13.1 Å². The van der Waals surface area contributed by atoms with Crippen LogP contribution in [-0.4, -0.2) is 23.3 Å². The highest BCUT2D eigenvalue weighted by Gasteiger charge is 2.29. The van der Waals surface area contributed by atoms with Crippen LogP contribution in [0.4, 0.5) is 4.39 Å². The summed E-state index contributed by atoms with van der Waals surface area (Å²) in [6.07, 6.45) is -0.105. The average molecular weight is 301 g/mol. The first kappa shape index (κ1) is 16.5. The summed E-state index contributed by atoms with van der Waals surface area (Å²) in [5.41, 5.74) is 7.42. The maximum absolute atomic E-state index is 14.0. The highest BCUT2D eigenvalue weighted by atomic mass is 35.5. The number of carbonyl (C=O) groups excluding carboxylic acids is 1. The molecule has 4 nitrogen and oxygen atoms in total. The van der Waals surface area contributed by atoms with Gasteiger partial charge in [0.25, 0.3) is 0 Å². The normalized spacial score (nSPS) is 13.6. The molecule has 2 rings (SSSR count). The Labute approximate surface area is 123 Å². The Kier molecular flexibility index (Phi) is 5.53. The number of aryl methyl sites for hydroxylation is 1. The first-order chi connectivity index (χ1) is 9.06. The molecule has 2 atom stereocenters. The summed E-state index contributed by atoms with van der Waals surface area (Å²) in [5, 5.41) is 0.851. The van der Waals surface area contributed by atoms with Crippen LogP contribution in [0.3, 0.4) is 0 Å². The van der Waals surface area contributed by atoms with Crippen molar-refractivity contribution in [2.75, 3.05) is 6.61 Å². The number of nitrogens with two attached hydrogens (primary N) is 1. The Hall–Kier alpha value is -1.59. The summed E-state index contributed by atoms with van der Waals surface area (Å²) in [7, 11) is 1.86. The molecule has 0 saturated carbocycles. The first-order valence-corrected chi connectivity index (χ1v) is 6.16. The van der Waals surface area contributed by atoms with Gasteiger partial charge in [0.05, 0.1) is 12.6 Å². The smallest absolute Gasteiger partial charge is 0.342 e. The van der Waals surface area contributed by atoms with Gasteiger partial charge in [0.2, 0.25) is 6.17 Å². The van der Waals surface area contributed by atoms with Gasteiger partial charge in [-0.2, -0.15) is 0 Å². The Morgan fingerprint density at radius 2 is 2.10 bits per heavy atom. The fraction of sp³-hybridized carbons (Fsp3) is 0.357. The molecule has 0 aliphatic carbocycles. The van der Waals surface area contributed by atoms with E-state index in [2.05, 4.69) is 4.74 Å². The van der Waals surface area contributed by atoms with Crippen molar-refractivity contribution in [3.8, 4) is 0 Å². The maximum atomic E-state index is 14.0. The van der Waals surface area contributed by atoms with Crippen LogP contribution < -0.4 is 5.73 Å². The van der Waals surface area contributed by atoms with Crippen molar-refractivity contribution in [1.29, 1.82) is 0 Å². The van der Waals surface area contributed by atoms with Gasteiger partial charge >= 0.3 is 5.97 Å². The van der Waals surface area contributed by atoms with Gasteiger partial charge in [-0.25, -0.2) is 9.18 Å². The topological polar surface area (TPSA) is 57.2 Å². The van der Waals surface area contributed by atoms with Crippen LogP contribution in [0.25, 0.3) is 10.9 Å². The molecule has 0 fully saturated rings. The molecule has 0 bridgehead atoms. The summed E-state index contributed by atoms with van der Waals surface area (Å²) >= 11 is 0. The van der Waals surface area contributed by atoms with E-state index in [1.807, 2.05) is 35.9 Å². The fourth-order valence-corrected chi connectivity index (χ4v) is 2.16. The van der Waals surface area contributed by atoms with Crippen LogP contribution in [0.1, 0.15) is 18.5 Å². The van der Waals surface area contributed by atoms with Crippen molar-refractivity contribution in [2.45, 2.75) is 19.1 Å². The number of rotatable bonds is 4. The number of hydrogen-bond donors (Lipinski definition) is 1. The molecule has 1 unspecified atom stereocenters. The number of halogens is 2. The lowest BCUT2D eigenvalue weighted by molar-refractivity contribution is -0.149. The molecule has 0 amide bonds. The van der Waals surface area contributed by atoms with Crippen molar-refractivity contribution in [1.82, 2.24) is 4.57 Å². The molecular weight excluding hydrogens is 283 g/mol. The van der Waals surface area contributed by atoms with Crippen molar-refractivity contribution < 1.29 is 13.9 Å². The average Bonchev–Trinajstić information content (AvgIpc) is 2.75. The van der Waals surface area contributed by atoms with Crippen molar-refractivity contribution in [3.05, 3.63) is 36.0 Å². The van der Waals surface area contributed by atoms with Gasteiger partial charge in [0.1, 0.15) is 0 Å². The molecule has 2 N–H and O–H groups in total. The number of ether oxygens (including phenoxy) is 1. The minimum Gasteiger partial charge on any atom is -0.464 e. The first-order valence-electron chi connectivity index (χ1n) is 6.16. The van der Waals surface area contributed by atoms with Crippen LogP contribution in [0.15, 0.2) is 30.5 Å². The van der Waals surface area contributed by atoms with Gasteiger partial charge < -0.3 is 15.0 Å². The minimum atomic E-state index is -1.86. The van der Waals surface area contributed by atoms with E-state index >= 15 is 0 Å². The highest BCUT2D eigenvalue weighted by molar-refractivity contribution is 5.86. The van der Waals surface area contributed by atoms with E-state index in [0.29, 0.717) is 5.56 Å². The number of hydrogen-bond acceptors (Lipinski definition) is 3. The molecule has 0 aliphatic rings. The Morgan fingerprint density at radius 3 is 2.75 bits per heavy atom. The van der Waals surface area contributed by atoms with Crippen molar-refractivity contribution in [3.63, 3.8) is 0 Å². The third-order valence-corrected chi connectivity index (χ3v) is 3.11. The zero-order valence-corrected chi connectivity index (χ0v) is 12.2. The van der Waals surface area contributed by atoms with E-state index < -0.39 is 18.2 Å². The molecule has 20 heavy (non-hydrogen) atoms. The van der Waals surface area contributed by atoms with Crippen LogP contribution in [0.2, 0.25) is 0 Å². The quantitative estimate of drug-likeness (QED) is 0.883. The molecule has 110 valence electrons. The molecular formula is C14H18ClFN2O2. The second-order valence-corrected chi connectivity index (χ2v) is 4.39. The lowest BCUT2D eigenvalue weighted by atomic mass is 10.0. The van der Waals surface area contributed by atoms with Crippen LogP contribution >= 0.6 is 12.4 Å². The van der Waals surface area contributed by atoms with Gasteiger partial charge in [-0.05, 0) is 18.6 Å². The molecule has 2 aromatic rings. The largest absolute Gasteiger partial charge is 0.464 e. The van der Waals surface area contributed by atoms with E-state index in [-0.39, 0.29) is 19.0 Å². The summed E-state index contributed by atoms with van der Waals surface area (Å²) in [5.74, 6) is -0.914. The standard InChI is InChI=1S/C14H17FN2O2.ClH/c1-3-19-14(18)12(15)13(16)10-8-17(2)11-7-5-4-6-9(10)11;/h4-8,12-13H,3,16H2,1-2H3;1H/t12?,13-;/m1./s1. The zero-order chi connectivity index (χ0) is 14.0. The molecule has 1 aromatic heterocycles. The van der Waals surface area contributed by atoms with Gasteiger partial charge in [0.15, 0.2) is 0 Å². The predicted molar refractivity (Wildman–Crippen MR) is 78.6 cm³/mol. The number of esters is 1. The van der Waals surface area contributed by atoms with Gasteiger partial charge in [-0.1, -0.05) is 18.2 Å². The minimum absolute atomic E-state index is 0. The third kappa shape index (κ3) is 2.94. The summed E-state index contributed by atoms with van der Waals surface area (Å²) in [6, 6.07) is 6.52. The number of benzene rings is 1. The third-order valence-electron chi connectivity index (χ3n) is 3.11. The van der Waals surface area contributed by atoms with E-state index in [1.165, 1.54) is 0 Å². The van der Waals surface area contributed by atoms with Crippen molar-refractivity contribution in [2.24, 2.45) is 12.8 Å². The Balaban J connectivity index is 0.00000200. The molecule has 6 heteroatoms.